The highest BCUT2D eigenvalue weighted by molar-refractivity contribution is 9.10. The van der Waals surface area contributed by atoms with Gasteiger partial charge in [0.2, 0.25) is 0 Å². The number of carbonyl (C=O) groups is 1. The van der Waals surface area contributed by atoms with Crippen molar-refractivity contribution in [2.24, 2.45) is 0 Å². The summed E-state index contributed by atoms with van der Waals surface area (Å²) >= 11 is 9.55. The summed E-state index contributed by atoms with van der Waals surface area (Å²) in [6.45, 7) is 12.8. The first-order chi connectivity index (χ1) is 17.3. The molecule has 3 atom stereocenters. The molecular weight excluding hydrogens is 569 g/mol. The summed E-state index contributed by atoms with van der Waals surface area (Å²) < 4.78 is 32.8. The molecule has 0 radical (unpaired) electrons. The highest BCUT2D eigenvalue weighted by atomic mass is 79.9. The molecule has 1 aromatic heterocycles. The number of morpholine rings is 1. The number of carbonyl (C=O) groups excluding carboxylic acids is 1. The third-order valence-electron chi connectivity index (χ3n) is 6.41. The van der Waals surface area contributed by atoms with Crippen molar-refractivity contribution < 1.29 is 23.4 Å². The molecule has 0 unspecified atom stereocenters. The van der Waals surface area contributed by atoms with E-state index in [2.05, 4.69) is 25.8 Å². The fraction of sp³-hybridized carbons (Fsp3) is 0.640. The molecule has 12 heteroatoms. The molecular formula is C25H34BrClFN5O4. The zero-order chi connectivity index (χ0) is 27.1. The van der Waals surface area contributed by atoms with Crippen molar-refractivity contribution in [1.82, 2.24) is 19.8 Å². The Morgan fingerprint density at radius 3 is 2.65 bits per heavy atom. The van der Waals surface area contributed by atoms with Crippen LogP contribution >= 0.6 is 27.5 Å². The topological polar surface area (TPSA) is 80.3 Å². The number of fused-ring (bicyclic) bond motifs is 1. The van der Waals surface area contributed by atoms with Crippen molar-refractivity contribution in [1.29, 1.82) is 0 Å². The highest BCUT2D eigenvalue weighted by Crippen LogP contribution is 2.37. The molecule has 3 heterocycles. The van der Waals surface area contributed by atoms with Gasteiger partial charge in [-0.25, -0.2) is 9.18 Å². The number of piperazine rings is 1. The zero-order valence-corrected chi connectivity index (χ0v) is 24.4. The standard InChI is InChI=1S/C25H34BrClFN5O4/c1-14-11-33(24(34)37-25(3,4)5)15(2)10-32(14)22-17-9-18(27)19(26)20(28)21(17)29-23(30-22)36-13-16-12-31(6)7-8-35-16/h9,14-16H,7-8,10-13H2,1-6H3/t14-,15+,16-/m0/s1. The van der Waals surface area contributed by atoms with Gasteiger partial charge in [0.25, 0.3) is 0 Å². The molecule has 9 nitrogen and oxygen atoms in total. The molecule has 0 saturated carbocycles. The van der Waals surface area contributed by atoms with Crippen LogP contribution in [0.15, 0.2) is 10.5 Å². The van der Waals surface area contributed by atoms with E-state index in [4.69, 9.17) is 30.8 Å². The molecule has 0 bridgehead atoms. The molecule has 0 N–H and O–H groups in total. The second-order valence-corrected chi connectivity index (χ2v) is 12.0. The molecule has 1 amide bonds. The Hall–Kier alpha value is -1.95. The third kappa shape index (κ3) is 6.38. The van der Waals surface area contributed by atoms with E-state index in [1.165, 1.54) is 0 Å². The molecule has 0 spiro atoms. The number of halogens is 3. The number of anilines is 1. The number of hydrogen-bond donors (Lipinski definition) is 0. The van der Waals surface area contributed by atoms with Gasteiger partial charge in [0, 0.05) is 43.6 Å². The van der Waals surface area contributed by atoms with Gasteiger partial charge in [-0.05, 0) is 63.7 Å². The molecule has 2 saturated heterocycles. The Bertz CT molecular complexity index is 1170. The number of ether oxygens (including phenoxy) is 3. The normalized spacial score (nSPS) is 23.4. The maximum atomic E-state index is 15.3. The Morgan fingerprint density at radius 1 is 1.24 bits per heavy atom. The van der Waals surface area contributed by atoms with Gasteiger partial charge in [-0.15, -0.1) is 0 Å². The minimum absolute atomic E-state index is 0.0573. The van der Waals surface area contributed by atoms with Crippen LogP contribution in [0.5, 0.6) is 6.01 Å². The quantitative estimate of drug-likeness (QED) is 0.465. The summed E-state index contributed by atoms with van der Waals surface area (Å²) in [5.74, 6) is -0.0871. The Morgan fingerprint density at radius 2 is 1.97 bits per heavy atom. The largest absolute Gasteiger partial charge is 0.461 e. The second-order valence-electron chi connectivity index (χ2n) is 10.8. The number of hydrogen-bond acceptors (Lipinski definition) is 8. The van der Waals surface area contributed by atoms with Crippen molar-refractivity contribution in [2.75, 3.05) is 51.3 Å². The summed E-state index contributed by atoms with van der Waals surface area (Å²) in [6.07, 6.45) is -0.502. The van der Waals surface area contributed by atoms with Crippen LogP contribution in [0.4, 0.5) is 15.0 Å². The van der Waals surface area contributed by atoms with Crippen molar-refractivity contribution in [3.05, 3.63) is 21.4 Å². The molecule has 2 aromatic rings. The van der Waals surface area contributed by atoms with E-state index < -0.39 is 11.4 Å². The highest BCUT2D eigenvalue weighted by Gasteiger charge is 2.36. The van der Waals surface area contributed by atoms with E-state index in [0.29, 0.717) is 30.9 Å². The van der Waals surface area contributed by atoms with Crippen molar-refractivity contribution in [2.45, 2.75) is 58.4 Å². The average molecular weight is 603 g/mol. The molecule has 204 valence electrons. The van der Waals surface area contributed by atoms with Crippen molar-refractivity contribution in [3.63, 3.8) is 0 Å². The third-order valence-corrected chi connectivity index (χ3v) is 7.71. The van der Waals surface area contributed by atoms with E-state index in [9.17, 15) is 4.79 Å². The van der Waals surface area contributed by atoms with E-state index in [1.54, 1.807) is 11.0 Å². The minimum Gasteiger partial charge on any atom is -0.461 e. The molecule has 2 aliphatic rings. The summed E-state index contributed by atoms with van der Waals surface area (Å²) in [5, 5.41) is 0.687. The van der Waals surface area contributed by atoms with Gasteiger partial charge in [0.15, 0.2) is 5.82 Å². The van der Waals surface area contributed by atoms with Crippen LogP contribution < -0.4 is 9.64 Å². The number of rotatable bonds is 4. The van der Waals surface area contributed by atoms with Gasteiger partial charge >= 0.3 is 12.1 Å². The number of likely N-dealkylation sites (N-methyl/N-ethyl adjacent to an activating group) is 1. The lowest BCUT2D eigenvalue weighted by Crippen LogP contribution is -2.59. The van der Waals surface area contributed by atoms with Gasteiger partial charge in [-0.3, -0.25) is 0 Å². The average Bonchev–Trinajstić information content (AvgIpc) is 2.81. The summed E-state index contributed by atoms with van der Waals surface area (Å²) in [4.78, 5) is 27.8. The van der Waals surface area contributed by atoms with E-state index >= 15 is 4.39 Å². The fourth-order valence-corrected chi connectivity index (χ4v) is 5.05. The van der Waals surface area contributed by atoms with Crippen LogP contribution in [-0.4, -0.2) is 96.1 Å². The first-order valence-electron chi connectivity index (χ1n) is 12.4. The summed E-state index contributed by atoms with van der Waals surface area (Å²) in [6, 6.07) is 1.39. The van der Waals surface area contributed by atoms with Gasteiger partial charge in [0.05, 0.1) is 16.1 Å². The Labute approximate surface area is 230 Å². The molecule has 2 fully saturated rings. The SMILES string of the molecule is C[C@@H]1CN(c2nc(OC[C@@H]3CN(C)CCO3)nc3c(F)c(Br)c(Cl)cc23)[C@@H](C)CN1C(=O)OC(C)(C)C. The van der Waals surface area contributed by atoms with Crippen LogP contribution in [0.2, 0.25) is 5.02 Å². The van der Waals surface area contributed by atoms with E-state index in [1.807, 2.05) is 46.6 Å². The van der Waals surface area contributed by atoms with Crippen LogP contribution in [0, 0.1) is 5.82 Å². The molecule has 1 aromatic carbocycles. The van der Waals surface area contributed by atoms with Crippen molar-refractivity contribution in [3.8, 4) is 6.01 Å². The van der Waals surface area contributed by atoms with Crippen molar-refractivity contribution >= 4 is 50.3 Å². The van der Waals surface area contributed by atoms with Crippen LogP contribution in [0.1, 0.15) is 34.6 Å². The lowest BCUT2D eigenvalue weighted by molar-refractivity contribution is -0.0416. The number of nitrogens with zero attached hydrogens (tertiary/aromatic N) is 5. The maximum absolute atomic E-state index is 15.3. The first kappa shape index (κ1) is 28.1. The predicted octanol–water partition coefficient (Wildman–Crippen LogP) is 4.73. The molecule has 4 rings (SSSR count). The van der Waals surface area contributed by atoms with Gasteiger partial charge in [0.1, 0.15) is 29.6 Å². The Balaban J connectivity index is 1.66. The van der Waals surface area contributed by atoms with Gasteiger partial charge in [-0.1, -0.05) is 11.6 Å². The van der Waals surface area contributed by atoms with Gasteiger partial charge in [-0.2, -0.15) is 9.97 Å². The zero-order valence-electron chi connectivity index (χ0n) is 22.1. The minimum atomic E-state index is -0.592. The maximum Gasteiger partial charge on any atom is 0.410 e. The number of benzene rings is 1. The molecule has 0 aliphatic carbocycles. The number of amides is 1. The fourth-order valence-electron chi connectivity index (χ4n) is 4.55. The van der Waals surface area contributed by atoms with E-state index in [0.717, 1.165) is 13.1 Å². The smallest absolute Gasteiger partial charge is 0.410 e. The summed E-state index contributed by atoms with van der Waals surface area (Å²) in [5.41, 5.74) is -0.488. The van der Waals surface area contributed by atoms with Crippen LogP contribution in [0.25, 0.3) is 10.9 Å². The lowest BCUT2D eigenvalue weighted by atomic mass is 10.1. The molecule has 37 heavy (non-hydrogen) atoms. The lowest BCUT2D eigenvalue weighted by Gasteiger charge is -2.45. The molecule has 2 aliphatic heterocycles. The predicted molar refractivity (Wildman–Crippen MR) is 144 cm³/mol. The monoisotopic (exact) mass is 601 g/mol. The summed E-state index contributed by atoms with van der Waals surface area (Å²) in [7, 11) is 2.02. The first-order valence-corrected chi connectivity index (χ1v) is 13.6. The van der Waals surface area contributed by atoms with Crippen LogP contribution in [0.3, 0.4) is 0 Å². The van der Waals surface area contributed by atoms with Gasteiger partial charge < -0.3 is 28.9 Å². The Kier molecular flexibility index (Phi) is 8.37. The number of aromatic nitrogens is 2. The second kappa shape index (κ2) is 11.0. The van der Waals surface area contributed by atoms with Crippen LogP contribution in [-0.2, 0) is 9.47 Å². The van der Waals surface area contributed by atoms with E-state index in [-0.39, 0.29) is 51.9 Å².